The number of amides is 2. The zero-order valence-corrected chi connectivity index (χ0v) is 12.4. The molecule has 1 heterocycles. The van der Waals surface area contributed by atoms with Gasteiger partial charge in [-0.15, -0.1) is 0 Å². The zero-order chi connectivity index (χ0) is 16.4. The third-order valence-electron chi connectivity index (χ3n) is 3.51. The van der Waals surface area contributed by atoms with Crippen molar-refractivity contribution in [1.82, 2.24) is 5.32 Å². The van der Waals surface area contributed by atoms with Crippen molar-refractivity contribution >= 4 is 17.5 Å². The Morgan fingerprint density at radius 2 is 2.13 bits per heavy atom. The Hall–Kier alpha value is -2.89. The van der Waals surface area contributed by atoms with E-state index in [0.717, 1.165) is 5.56 Å². The lowest BCUT2D eigenvalue weighted by Gasteiger charge is -2.23. The van der Waals surface area contributed by atoms with Crippen molar-refractivity contribution in [2.45, 2.75) is 19.6 Å². The van der Waals surface area contributed by atoms with E-state index in [2.05, 4.69) is 10.6 Å². The maximum absolute atomic E-state index is 13.1. The summed E-state index contributed by atoms with van der Waals surface area (Å²) in [5, 5.41) is 5.46. The highest BCUT2D eigenvalue weighted by molar-refractivity contribution is 5.97. The van der Waals surface area contributed by atoms with Crippen LogP contribution in [-0.4, -0.2) is 17.9 Å². The molecular weight excluding hydrogens is 299 g/mol. The summed E-state index contributed by atoms with van der Waals surface area (Å²) in [6.45, 7) is 1.93. The van der Waals surface area contributed by atoms with Crippen molar-refractivity contribution < 1.29 is 18.7 Å². The number of hydrogen-bond acceptors (Lipinski definition) is 3. The van der Waals surface area contributed by atoms with Gasteiger partial charge in [0.15, 0.2) is 6.10 Å². The van der Waals surface area contributed by atoms with Crippen LogP contribution in [0, 0.1) is 5.82 Å². The molecule has 5 nitrogen and oxygen atoms in total. The van der Waals surface area contributed by atoms with Crippen molar-refractivity contribution in [3.63, 3.8) is 0 Å². The largest absolute Gasteiger partial charge is 0.479 e. The lowest BCUT2D eigenvalue weighted by molar-refractivity contribution is -0.122. The van der Waals surface area contributed by atoms with Gasteiger partial charge in [0.25, 0.3) is 11.8 Å². The number of fused-ring (bicyclic) bond motifs is 1. The minimum atomic E-state index is -0.527. The molecule has 2 aromatic carbocycles. The fourth-order valence-electron chi connectivity index (χ4n) is 2.28. The molecular formula is C17H15FN2O3. The van der Waals surface area contributed by atoms with E-state index in [1.165, 1.54) is 18.2 Å². The number of nitrogens with one attached hydrogen (secondary N) is 2. The zero-order valence-electron chi connectivity index (χ0n) is 12.4. The van der Waals surface area contributed by atoms with Gasteiger partial charge in [0, 0.05) is 12.1 Å². The van der Waals surface area contributed by atoms with Crippen LogP contribution < -0.4 is 15.4 Å². The van der Waals surface area contributed by atoms with Gasteiger partial charge in [0.1, 0.15) is 11.6 Å². The van der Waals surface area contributed by atoms with E-state index < -0.39 is 11.9 Å². The average Bonchev–Trinajstić information content (AvgIpc) is 2.53. The van der Waals surface area contributed by atoms with Crippen LogP contribution >= 0.6 is 0 Å². The van der Waals surface area contributed by atoms with Gasteiger partial charge in [-0.25, -0.2) is 4.39 Å². The van der Waals surface area contributed by atoms with Gasteiger partial charge in [-0.3, -0.25) is 9.59 Å². The summed E-state index contributed by atoms with van der Waals surface area (Å²) in [5.41, 5.74) is 1.63. The molecule has 2 aromatic rings. The fourth-order valence-corrected chi connectivity index (χ4v) is 2.28. The summed E-state index contributed by atoms with van der Waals surface area (Å²) in [6.07, 6.45) is -0.527. The first-order valence-corrected chi connectivity index (χ1v) is 7.17. The van der Waals surface area contributed by atoms with Gasteiger partial charge in [-0.05, 0) is 42.8 Å². The highest BCUT2D eigenvalue weighted by atomic mass is 19.1. The number of rotatable bonds is 3. The molecule has 0 bridgehead atoms. The van der Waals surface area contributed by atoms with E-state index in [-0.39, 0.29) is 23.9 Å². The van der Waals surface area contributed by atoms with E-state index in [0.29, 0.717) is 11.4 Å². The summed E-state index contributed by atoms with van der Waals surface area (Å²) in [4.78, 5) is 23.6. The van der Waals surface area contributed by atoms with Crippen molar-refractivity contribution in [3.05, 3.63) is 59.4 Å². The van der Waals surface area contributed by atoms with Crippen LogP contribution in [0.4, 0.5) is 10.1 Å². The maximum Gasteiger partial charge on any atom is 0.265 e. The second-order valence-corrected chi connectivity index (χ2v) is 5.27. The number of hydrogen-bond donors (Lipinski definition) is 2. The van der Waals surface area contributed by atoms with Gasteiger partial charge in [0.05, 0.1) is 5.69 Å². The lowest BCUT2D eigenvalue weighted by atomic mass is 10.1. The van der Waals surface area contributed by atoms with E-state index in [9.17, 15) is 14.0 Å². The van der Waals surface area contributed by atoms with E-state index in [1.807, 2.05) is 0 Å². The Labute approximate surface area is 132 Å². The maximum atomic E-state index is 13.1. The second-order valence-electron chi connectivity index (χ2n) is 5.27. The van der Waals surface area contributed by atoms with Crippen molar-refractivity contribution in [2.75, 3.05) is 5.32 Å². The van der Waals surface area contributed by atoms with Crippen molar-refractivity contribution in [2.24, 2.45) is 0 Å². The summed E-state index contributed by atoms with van der Waals surface area (Å²) in [5.74, 6) is -0.438. The van der Waals surface area contributed by atoms with Crippen LogP contribution in [0.25, 0.3) is 0 Å². The van der Waals surface area contributed by atoms with Gasteiger partial charge >= 0.3 is 0 Å². The van der Waals surface area contributed by atoms with Crippen molar-refractivity contribution in [3.8, 4) is 5.75 Å². The average molecular weight is 314 g/mol. The number of ether oxygens (including phenoxy) is 1. The van der Waals surface area contributed by atoms with Gasteiger partial charge < -0.3 is 15.4 Å². The first-order chi connectivity index (χ1) is 11.0. The third-order valence-corrected chi connectivity index (χ3v) is 3.51. The summed E-state index contributed by atoms with van der Waals surface area (Å²) in [6, 6.07) is 10.8. The fraction of sp³-hybridized carbons (Fsp3) is 0.176. The Morgan fingerprint density at radius 1 is 1.30 bits per heavy atom. The van der Waals surface area contributed by atoms with Crippen LogP contribution in [0.3, 0.4) is 0 Å². The monoisotopic (exact) mass is 314 g/mol. The molecule has 1 atom stereocenters. The highest BCUT2D eigenvalue weighted by Crippen LogP contribution is 2.30. The van der Waals surface area contributed by atoms with Crippen molar-refractivity contribution in [1.29, 1.82) is 0 Å². The van der Waals surface area contributed by atoms with Gasteiger partial charge in [-0.1, -0.05) is 12.1 Å². The lowest BCUT2D eigenvalue weighted by Crippen LogP contribution is -2.34. The van der Waals surface area contributed by atoms with Crippen LogP contribution in [0.1, 0.15) is 22.8 Å². The van der Waals surface area contributed by atoms with E-state index in [1.54, 1.807) is 31.2 Å². The number of anilines is 1. The first kappa shape index (κ1) is 15.0. The predicted octanol–water partition coefficient (Wildman–Crippen LogP) is 2.48. The summed E-state index contributed by atoms with van der Waals surface area (Å²) < 4.78 is 18.6. The molecule has 2 amide bonds. The van der Waals surface area contributed by atoms with E-state index >= 15 is 0 Å². The molecule has 1 unspecified atom stereocenters. The molecule has 1 aliphatic heterocycles. The molecule has 2 N–H and O–H groups in total. The Balaban J connectivity index is 1.68. The minimum Gasteiger partial charge on any atom is -0.479 e. The molecule has 3 rings (SSSR count). The molecule has 6 heteroatoms. The number of halogens is 1. The molecule has 0 aliphatic carbocycles. The SMILES string of the molecule is CC1Oc2ccc(CNC(=O)c3cccc(F)c3)cc2NC1=O. The van der Waals surface area contributed by atoms with Crippen LogP contribution in [0.2, 0.25) is 0 Å². The molecule has 23 heavy (non-hydrogen) atoms. The molecule has 0 saturated carbocycles. The van der Waals surface area contributed by atoms with Gasteiger partial charge in [-0.2, -0.15) is 0 Å². The minimum absolute atomic E-state index is 0.210. The predicted molar refractivity (Wildman–Crippen MR) is 82.7 cm³/mol. The Bertz CT molecular complexity index is 776. The molecule has 0 saturated heterocycles. The normalized spacial score (nSPS) is 16.1. The molecule has 0 spiro atoms. The first-order valence-electron chi connectivity index (χ1n) is 7.17. The van der Waals surface area contributed by atoms with Crippen LogP contribution in [0.15, 0.2) is 42.5 Å². The molecule has 0 fully saturated rings. The topological polar surface area (TPSA) is 67.4 Å². The molecule has 0 radical (unpaired) electrons. The molecule has 1 aliphatic rings. The summed E-state index contributed by atoms with van der Waals surface area (Å²) >= 11 is 0. The molecule has 118 valence electrons. The number of benzene rings is 2. The third kappa shape index (κ3) is 3.31. The van der Waals surface area contributed by atoms with Crippen LogP contribution in [-0.2, 0) is 11.3 Å². The standard InChI is InChI=1S/C17H15FN2O3/c1-10-16(21)20-14-7-11(5-6-15(14)23-10)9-19-17(22)12-3-2-4-13(18)8-12/h2-8,10H,9H2,1H3,(H,19,22)(H,20,21). The van der Waals surface area contributed by atoms with Gasteiger partial charge in [0.2, 0.25) is 0 Å². The second kappa shape index (κ2) is 6.08. The molecule has 0 aromatic heterocycles. The van der Waals surface area contributed by atoms with Crippen LogP contribution in [0.5, 0.6) is 5.75 Å². The highest BCUT2D eigenvalue weighted by Gasteiger charge is 2.23. The number of carbonyl (C=O) groups excluding carboxylic acids is 2. The quantitative estimate of drug-likeness (QED) is 0.914. The number of carbonyl (C=O) groups is 2. The van der Waals surface area contributed by atoms with E-state index in [4.69, 9.17) is 4.74 Å². The Kier molecular flexibility index (Phi) is 3.97. The summed E-state index contributed by atoms with van der Waals surface area (Å²) in [7, 11) is 0. The Morgan fingerprint density at radius 3 is 2.91 bits per heavy atom. The smallest absolute Gasteiger partial charge is 0.265 e.